The Bertz CT molecular complexity index is 319. The lowest BCUT2D eigenvalue weighted by Crippen LogP contribution is -2.10. The van der Waals surface area contributed by atoms with Crippen molar-refractivity contribution in [2.75, 3.05) is 0 Å². The Morgan fingerprint density at radius 2 is 1.43 bits per heavy atom. The topological polar surface area (TPSA) is 20.2 Å². The molecule has 1 N–H and O–H groups in total. The molecule has 0 bridgehead atoms. The average molecular weight is 297 g/mol. The first-order valence-electron chi connectivity index (χ1n) is 8.67. The first-order valence-corrected chi connectivity index (χ1v) is 8.67. The second-order valence-electron chi connectivity index (χ2n) is 4.69. The van der Waals surface area contributed by atoms with Gasteiger partial charge >= 0.3 is 0 Å². The van der Waals surface area contributed by atoms with Crippen LogP contribution >= 0.6 is 0 Å². The van der Waals surface area contributed by atoms with Gasteiger partial charge in [0.1, 0.15) is 0 Å². The van der Waals surface area contributed by atoms with Crippen molar-refractivity contribution in [3.8, 4) is 0 Å². The van der Waals surface area contributed by atoms with Crippen molar-refractivity contribution in [1.29, 1.82) is 0 Å². The van der Waals surface area contributed by atoms with Gasteiger partial charge in [0.05, 0.1) is 6.10 Å². The molecule has 0 aliphatic carbocycles. The molecule has 1 nitrogen and oxygen atoms in total. The van der Waals surface area contributed by atoms with Gasteiger partial charge in [-0.1, -0.05) is 71.3 Å². The summed E-state index contributed by atoms with van der Waals surface area (Å²) < 4.78 is 0. The van der Waals surface area contributed by atoms with Gasteiger partial charge in [-0.15, -0.1) is 0 Å². The van der Waals surface area contributed by atoms with Gasteiger partial charge in [0.25, 0.3) is 0 Å². The molecule has 0 spiro atoms. The van der Waals surface area contributed by atoms with Crippen molar-refractivity contribution in [3.63, 3.8) is 0 Å². The number of hydrogen-bond acceptors (Lipinski definition) is 1. The standard InChI is InChI=1S/C16H28O.2C2H6/c1-7-10-16(17)15(13(5)9-3)11-14(6)12(4)8-2;2*1-2/h8,11,16-17H,7,9-10H2,1-6H3;2*1-2H3/b12-8-,14-11-,15-13-;;. The summed E-state index contributed by atoms with van der Waals surface area (Å²) in [7, 11) is 0. The van der Waals surface area contributed by atoms with Gasteiger partial charge in [-0.2, -0.15) is 0 Å². The van der Waals surface area contributed by atoms with Crippen LogP contribution in [0.1, 0.15) is 88.5 Å². The molecule has 0 aromatic rings. The van der Waals surface area contributed by atoms with Crippen LogP contribution in [0.15, 0.2) is 34.4 Å². The molecule has 1 atom stereocenters. The van der Waals surface area contributed by atoms with Gasteiger partial charge in [-0.3, -0.25) is 0 Å². The fourth-order valence-corrected chi connectivity index (χ4v) is 1.71. The molecule has 0 heterocycles. The minimum absolute atomic E-state index is 0.320. The second kappa shape index (κ2) is 17.2. The van der Waals surface area contributed by atoms with Gasteiger partial charge in [-0.25, -0.2) is 0 Å². The Hall–Kier alpha value is -0.820. The highest BCUT2D eigenvalue weighted by Crippen LogP contribution is 2.21. The lowest BCUT2D eigenvalue weighted by atomic mass is 9.95. The van der Waals surface area contributed by atoms with E-state index in [1.54, 1.807) is 0 Å². The summed E-state index contributed by atoms with van der Waals surface area (Å²) >= 11 is 0. The van der Waals surface area contributed by atoms with E-state index in [0.29, 0.717) is 0 Å². The molecule has 0 aliphatic rings. The third-order valence-electron chi connectivity index (χ3n) is 3.37. The highest BCUT2D eigenvalue weighted by atomic mass is 16.3. The van der Waals surface area contributed by atoms with Crippen molar-refractivity contribution in [2.45, 2.75) is 94.6 Å². The van der Waals surface area contributed by atoms with Crippen molar-refractivity contribution in [1.82, 2.24) is 0 Å². The summed E-state index contributed by atoms with van der Waals surface area (Å²) in [5.74, 6) is 0. The zero-order valence-corrected chi connectivity index (χ0v) is 16.3. The van der Waals surface area contributed by atoms with Crippen LogP contribution in [0.2, 0.25) is 0 Å². The molecule has 21 heavy (non-hydrogen) atoms. The summed E-state index contributed by atoms with van der Waals surface area (Å²) in [5.41, 5.74) is 4.91. The Balaban J connectivity index is -0.000000739. The normalized spacial score (nSPS) is 14.2. The number of allylic oxidation sites excluding steroid dienone is 4. The largest absolute Gasteiger partial charge is 0.388 e. The molecule has 0 radical (unpaired) electrons. The van der Waals surface area contributed by atoms with Crippen LogP contribution in [-0.4, -0.2) is 11.2 Å². The van der Waals surface area contributed by atoms with Crippen LogP contribution in [0.5, 0.6) is 0 Å². The Kier molecular flexibility index (Phi) is 20.6. The van der Waals surface area contributed by atoms with Crippen LogP contribution < -0.4 is 0 Å². The van der Waals surface area contributed by atoms with Crippen LogP contribution in [0.3, 0.4) is 0 Å². The molecule has 0 rings (SSSR count). The number of aliphatic hydroxyl groups excluding tert-OH is 1. The molecule has 0 saturated carbocycles. The van der Waals surface area contributed by atoms with Gasteiger partial charge in [-0.05, 0) is 51.7 Å². The summed E-state index contributed by atoms with van der Waals surface area (Å²) in [5, 5.41) is 10.2. The monoisotopic (exact) mass is 296 g/mol. The number of hydrogen-bond donors (Lipinski definition) is 1. The van der Waals surface area contributed by atoms with Gasteiger partial charge in [0.15, 0.2) is 0 Å². The van der Waals surface area contributed by atoms with E-state index in [-0.39, 0.29) is 6.10 Å². The minimum Gasteiger partial charge on any atom is -0.388 e. The predicted octanol–water partition coefficient (Wildman–Crippen LogP) is 6.84. The fourth-order valence-electron chi connectivity index (χ4n) is 1.71. The molecule has 0 aliphatic heterocycles. The quantitative estimate of drug-likeness (QED) is 0.532. The molecule has 0 saturated heterocycles. The van der Waals surface area contributed by atoms with Crippen LogP contribution in [0.25, 0.3) is 0 Å². The van der Waals surface area contributed by atoms with Crippen molar-refractivity contribution >= 4 is 0 Å². The summed E-state index contributed by atoms with van der Waals surface area (Å²) in [4.78, 5) is 0. The van der Waals surface area contributed by atoms with Crippen LogP contribution in [0.4, 0.5) is 0 Å². The van der Waals surface area contributed by atoms with Crippen molar-refractivity contribution < 1.29 is 5.11 Å². The third-order valence-corrected chi connectivity index (χ3v) is 3.37. The minimum atomic E-state index is -0.320. The molecular weight excluding hydrogens is 256 g/mol. The van der Waals surface area contributed by atoms with E-state index in [2.05, 4.69) is 46.8 Å². The molecule has 0 aromatic heterocycles. The second-order valence-corrected chi connectivity index (χ2v) is 4.69. The van der Waals surface area contributed by atoms with Crippen LogP contribution in [0, 0.1) is 0 Å². The van der Waals surface area contributed by atoms with Crippen molar-refractivity contribution in [3.05, 3.63) is 34.4 Å². The summed E-state index contributed by atoms with van der Waals surface area (Å²) in [6, 6.07) is 0. The average Bonchev–Trinajstić information content (AvgIpc) is 2.54. The SMILES string of the molecule is CC.CC.C\C=C(C)/C(C)=C\C(=C(/C)CC)C(O)CCC. The van der Waals surface area contributed by atoms with E-state index in [4.69, 9.17) is 0 Å². The van der Waals surface area contributed by atoms with E-state index in [9.17, 15) is 5.11 Å². The van der Waals surface area contributed by atoms with Crippen molar-refractivity contribution in [2.24, 2.45) is 0 Å². The first-order chi connectivity index (χ1) is 9.97. The van der Waals surface area contributed by atoms with E-state index in [1.165, 1.54) is 16.7 Å². The lowest BCUT2D eigenvalue weighted by molar-refractivity contribution is 0.201. The Morgan fingerprint density at radius 3 is 1.76 bits per heavy atom. The Labute approximate surface area is 134 Å². The van der Waals surface area contributed by atoms with Crippen LogP contribution in [-0.2, 0) is 0 Å². The fraction of sp³-hybridized carbons (Fsp3) is 0.700. The molecule has 0 aromatic carbocycles. The maximum atomic E-state index is 10.2. The lowest BCUT2D eigenvalue weighted by Gasteiger charge is -2.16. The molecule has 0 fully saturated rings. The predicted molar refractivity (Wildman–Crippen MR) is 99.8 cm³/mol. The maximum absolute atomic E-state index is 10.2. The van der Waals surface area contributed by atoms with E-state index in [1.807, 2.05) is 34.6 Å². The molecule has 1 unspecified atom stereocenters. The zero-order chi connectivity index (χ0) is 17.4. The number of aliphatic hydroxyl groups is 1. The summed E-state index contributed by atoms with van der Waals surface area (Å²) in [6.45, 7) is 20.6. The highest BCUT2D eigenvalue weighted by Gasteiger charge is 2.10. The molecule has 1 heteroatoms. The maximum Gasteiger partial charge on any atom is 0.0789 e. The first kappa shape index (κ1) is 25.2. The zero-order valence-electron chi connectivity index (χ0n) is 16.3. The summed E-state index contributed by atoms with van der Waals surface area (Å²) in [6.07, 6.45) is 6.78. The van der Waals surface area contributed by atoms with Gasteiger partial charge in [0, 0.05) is 0 Å². The molecular formula is C20H40O. The van der Waals surface area contributed by atoms with E-state index in [0.717, 1.165) is 24.8 Å². The highest BCUT2D eigenvalue weighted by molar-refractivity contribution is 5.38. The number of rotatable bonds is 6. The van der Waals surface area contributed by atoms with Gasteiger partial charge < -0.3 is 5.11 Å². The van der Waals surface area contributed by atoms with Gasteiger partial charge in [0.2, 0.25) is 0 Å². The molecule has 0 amide bonds. The molecule has 126 valence electrons. The smallest absolute Gasteiger partial charge is 0.0789 e. The van der Waals surface area contributed by atoms with E-state index < -0.39 is 0 Å². The Morgan fingerprint density at radius 1 is 0.952 bits per heavy atom. The van der Waals surface area contributed by atoms with E-state index >= 15 is 0 Å². The third kappa shape index (κ3) is 11.5.